The Bertz CT molecular complexity index is 769. The lowest BCUT2D eigenvalue weighted by molar-refractivity contribution is -0.386. The highest BCUT2D eigenvalue weighted by Crippen LogP contribution is 2.31. The average Bonchev–Trinajstić information content (AvgIpc) is 2.57. The molecule has 0 unspecified atom stereocenters. The van der Waals surface area contributed by atoms with Gasteiger partial charge >= 0.3 is 5.69 Å². The molecule has 0 fully saturated rings. The summed E-state index contributed by atoms with van der Waals surface area (Å²) in [5, 5.41) is 13.8. The zero-order valence-electron chi connectivity index (χ0n) is 12.9. The van der Waals surface area contributed by atoms with Gasteiger partial charge in [-0.15, -0.1) is 0 Å². The molecule has 0 aliphatic rings. The van der Waals surface area contributed by atoms with E-state index in [4.69, 9.17) is 21.1 Å². The van der Waals surface area contributed by atoms with Gasteiger partial charge in [-0.2, -0.15) is 0 Å². The number of ether oxygens (including phenoxy) is 2. The molecule has 126 valence electrons. The van der Waals surface area contributed by atoms with Gasteiger partial charge < -0.3 is 14.8 Å². The van der Waals surface area contributed by atoms with Crippen molar-refractivity contribution in [2.45, 2.75) is 13.0 Å². The van der Waals surface area contributed by atoms with Crippen LogP contribution < -0.4 is 14.8 Å². The van der Waals surface area contributed by atoms with Gasteiger partial charge in [-0.3, -0.25) is 14.9 Å². The summed E-state index contributed by atoms with van der Waals surface area (Å²) >= 11 is 5.86. The number of carbonyl (C=O) groups excluding carboxylic acids is 1. The van der Waals surface area contributed by atoms with Crippen LogP contribution in [0.25, 0.3) is 0 Å². The molecule has 0 spiro atoms. The first kappa shape index (κ1) is 17.5. The monoisotopic (exact) mass is 351 g/mol. The van der Waals surface area contributed by atoms with Crippen molar-refractivity contribution in [3.05, 3.63) is 51.8 Å². The molecule has 0 aliphatic carbocycles. The molecule has 0 radical (unpaired) electrons. The van der Waals surface area contributed by atoms with Gasteiger partial charge in [-0.05, 0) is 31.2 Å². The number of hydrogen-bond donors (Lipinski definition) is 1. The number of amides is 1. The average molecular weight is 352 g/mol. The Morgan fingerprint density at radius 1 is 1.42 bits per heavy atom. The van der Waals surface area contributed by atoms with Crippen LogP contribution in [0, 0.1) is 10.1 Å². The SMILES string of the molecule is COc1ccc(O[C@@H](C)C(=O)Nc2cccnc2Cl)c([N+](=O)[O-])c1. The molecular weight excluding hydrogens is 338 g/mol. The molecule has 8 nitrogen and oxygen atoms in total. The lowest BCUT2D eigenvalue weighted by Gasteiger charge is -2.15. The van der Waals surface area contributed by atoms with Crippen molar-refractivity contribution in [2.75, 3.05) is 12.4 Å². The molecule has 0 saturated carbocycles. The van der Waals surface area contributed by atoms with E-state index in [-0.39, 0.29) is 16.6 Å². The summed E-state index contributed by atoms with van der Waals surface area (Å²) in [6.07, 6.45) is 0.493. The topological polar surface area (TPSA) is 104 Å². The highest BCUT2D eigenvalue weighted by molar-refractivity contribution is 6.32. The molecule has 1 aromatic heterocycles. The Balaban J connectivity index is 2.14. The Hall–Kier alpha value is -2.87. The van der Waals surface area contributed by atoms with E-state index in [0.717, 1.165) is 0 Å². The molecule has 1 amide bonds. The molecular formula is C15H14ClN3O5. The van der Waals surface area contributed by atoms with Gasteiger partial charge in [0.15, 0.2) is 17.0 Å². The van der Waals surface area contributed by atoms with E-state index in [0.29, 0.717) is 11.4 Å². The van der Waals surface area contributed by atoms with Gasteiger partial charge in [0.2, 0.25) is 0 Å². The first-order valence-electron chi connectivity index (χ1n) is 6.83. The number of methoxy groups -OCH3 is 1. The molecule has 1 heterocycles. The van der Waals surface area contributed by atoms with E-state index in [9.17, 15) is 14.9 Å². The molecule has 1 N–H and O–H groups in total. The number of rotatable bonds is 6. The standard InChI is InChI=1S/C15H14ClN3O5/c1-9(15(20)18-11-4-3-7-17-14(11)16)24-13-6-5-10(23-2)8-12(13)19(21)22/h3-9H,1-2H3,(H,18,20)/t9-/m0/s1. The fourth-order valence-electron chi connectivity index (χ4n) is 1.82. The van der Waals surface area contributed by atoms with Crippen molar-refractivity contribution in [3.8, 4) is 11.5 Å². The molecule has 9 heteroatoms. The number of halogens is 1. The summed E-state index contributed by atoms with van der Waals surface area (Å²) < 4.78 is 10.4. The lowest BCUT2D eigenvalue weighted by atomic mass is 10.2. The molecule has 24 heavy (non-hydrogen) atoms. The van der Waals surface area contributed by atoms with Gasteiger partial charge in [0, 0.05) is 6.20 Å². The Labute approximate surface area is 142 Å². The number of nitrogens with zero attached hydrogens (tertiary/aromatic N) is 2. The van der Waals surface area contributed by atoms with Gasteiger partial charge in [-0.1, -0.05) is 11.6 Å². The fraction of sp³-hybridized carbons (Fsp3) is 0.200. The van der Waals surface area contributed by atoms with Gasteiger partial charge in [0.1, 0.15) is 5.75 Å². The van der Waals surface area contributed by atoms with Gasteiger partial charge in [0.05, 0.1) is 23.8 Å². The van der Waals surface area contributed by atoms with E-state index in [2.05, 4.69) is 10.3 Å². The van der Waals surface area contributed by atoms with Crippen molar-refractivity contribution >= 4 is 28.9 Å². The molecule has 2 aromatic rings. The molecule has 1 atom stereocenters. The maximum absolute atomic E-state index is 12.2. The number of nitro groups is 1. The summed E-state index contributed by atoms with van der Waals surface area (Å²) in [4.78, 5) is 26.5. The molecule has 0 bridgehead atoms. The molecule has 2 rings (SSSR count). The second-order valence-electron chi connectivity index (χ2n) is 4.68. The second kappa shape index (κ2) is 7.60. The zero-order valence-corrected chi connectivity index (χ0v) is 13.6. The Morgan fingerprint density at radius 3 is 2.79 bits per heavy atom. The number of nitro benzene ring substituents is 1. The van der Waals surface area contributed by atoms with Gasteiger partial charge in [-0.25, -0.2) is 4.98 Å². The molecule has 0 saturated heterocycles. The van der Waals surface area contributed by atoms with Crippen LogP contribution in [0.3, 0.4) is 0 Å². The third-order valence-electron chi connectivity index (χ3n) is 3.05. The maximum Gasteiger partial charge on any atom is 0.314 e. The van der Waals surface area contributed by atoms with Gasteiger partial charge in [0.25, 0.3) is 5.91 Å². The Morgan fingerprint density at radius 2 is 2.17 bits per heavy atom. The largest absolute Gasteiger partial charge is 0.496 e. The number of anilines is 1. The lowest BCUT2D eigenvalue weighted by Crippen LogP contribution is -2.30. The van der Waals surface area contributed by atoms with E-state index in [1.807, 2.05) is 0 Å². The van der Waals surface area contributed by atoms with Crippen molar-refractivity contribution in [1.82, 2.24) is 4.98 Å². The normalized spacial score (nSPS) is 11.5. The van der Waals surface area contributed by atoms with E-state index in [1.54, 1.807) is 12.1 Å². The minimum Gasteiger partial charge on any atom is -0.496 e. The van der Waals surface area contributed by atoms with Crippen molar-refractivity contribution < 1.29 is 19.2 Å². The second-order valence-corrected chi connectivity index (χ2v) is 5.04. The fourth-order valence-corrected chi connectivity index (χ4v) is 1.99. The number of carbonyl (C=O) groups is 1. The molecule has 0 aliphatic heterocycles. The van der Waals surface area contributed by atoms with Crippen LogP contribution in [0.2, 0.25) is 5.15 Å². The molecule has 1 aromatic carbocycles. The van der Waals surface area contributed by atoms with Crippen LogP contribution in [-0.2, 0) is 4.79 Å². The van der Waals surface area contributed by atoms with Crippen LogP contribution in [0.5, 0.6) is 11.5 Å². The third kappa shape index (κ3) is 4.11. The maximum atomic E-state index is 12.2. The number of aromatic nitrogens is 1. The summed E-state index contributed by atoms with van der Waals surface area (Å²) in [6, 6.07) is 7.29. The van der Waals surface area contributed by atoms with E-state index >= 15 is 0 Å². The summed E-state index contributed by atoms with van der Waals surface area (Å²) in [5.41, 5.74) is 0.0252. The minimum absolute atomic E-state index is 0.0410. The highest BCUT2D eigenvalue weighted by atomic mass is 35.5. The predicted molar refractivity (Wildman–Crippen MR) is 87.6 cm³/mol. The summed E-state index contributed by atoms with van der Waals surface area (Å²) in [6.45, 7) is 1.47. The number of pyridine rings is 1. The van der Waals surface area contributed by atoms with E-state index in [1.165, 1.54) is 38.4 Å². The van der Waals surface area contributed by atoms with Crippen LogP contribution in [0.4, 0.5) is 11.4 Å². The number of hydrogen-bond acceptors (Lipinski definition) is 6. The Kier molecular flexibility index (Phi) is 5.54. The third-order valence-corrected chi connectivity index (χ3v) is 3.35. The smallest absolute Gasteiger partial charge is 0.314 e. The number of benzene rings is 1. The number of nitrogens with one attached hydrogen (secondary N) is 1. The van der Waals surface area contributed by atoms with Crippen LogP contribution in [-0.4, -0.2) is 29.0 Å². The minimum atomic E-state index is -0.992. The van der Waals surface area contributed by atoms with Crippen LogP contribution in [0.15, 0.2) is 36.5 Å². The summed E-state index contributed by atoms with van der Waals surface area (Å²) in [7, 11) is 1.40. The first-order valence-corrected chi connectivity index (χ1v) is 7.20. The van der Waals surface area contributed by atoms with E-state index < -0.39 is 16.9 Å². The van der Waals surface area contributed by atoms with Crippen LogP contribution >= 0.6 is 11.6 Å². The van der Waals surface area contributed by atoms with Crippen molar-refractivity contribution in [2.24, 2.45) is 0 Å². The summed E-state index contributed by atoms with van der Waals surface area (Å²) in [5.74, 6) is -0.246. The van der Waals surface area contributed by atoms with Crippen molar-refractivity contribution in [3.63, 3.8) is 0 Å². The highest BCUT2D eigenvalue weighted by Gasteiger charge is 2.22. The zero-order chi connectivity index (χ0) is 17.7. The predicted octanol–water partition coefficient (Wildman–Crippen LogP) is 3.06. The van der Waals surface area contributed by atoms with Crippen molar-refractivity contribution in [1.29, 1.82) is 0 Å². The first-order chi connectivity index (χ1) is 11.4. The quantitative estimate of drug-likeness (QED) is 0.487. The van der Waals surface area contributed by atoms with Crippen LogP contribution in [0.1, 0.15) is 6.92 Å².